The number of unbranched alkanes of at least 4 members (excludes halogenated alkanes) is 2. The van der Waals surface area contributed by atoms with E-state index in [4.69, 9.17) is 4.74 Å². The van der Waals surface area contributed by atoms with Crippen molar-refractivity contribution in [3.05, 3.63) is 77.4 Å². The molecule has 4 aromatic rings. The van der Waals surface area contributed by atoms with Gasteiger partial charge in [-0.15, -0.1) is 11.3 Å². The van der Waals surface area contributed by atoms with E-state index in [1.165, 1.54) is 0 Å². The van der Waals surface area contributed by atoms with E-state index in [0.29, 0.717) is 37.1 Å². The van der Waals surface area contributed by atoms with Gasteiger partial charge in [0, 0.05) is 45.9 Å². The van der Waals surface area contributed by atoms with Crippen molar-refractivity contribution in [3.8, 4) is 11.5 Å². The highest BCUT2D eigenvalue weighted by atomic mass is 32.2. The summed E-state index contributed by atoms with van der Waals surface area (Å²) in [7, 11) is 0. The van der Waals surface area contributed by atoms with Crippen molar-refractivity contribution in [1.29, 1.82) is 0 Å². The maximum atomic E-state index is 13.2. The molecule has 0 spiro atoms. The lowest BCUT2D eigenvalue weighted by atomic mass is 10.2. The van der Waals surface area contributed by atoms with Crippen LogP contribution in [0.15, 0.2) is 76.8 Å². The van der Waals surface area contributed by atoms with E-state index in [2.05, 4.69) is 21.8 Å². The molecule has 1 aliphatic rings. The second kappa shape index (κ2) is 12.4. The van der Waals surface area contributed by atoms with Crippen molar-refractivity contribution in [2.75, 3.05) is 13.1 Å². The van der Waals surface area contributed by atoms with Gasteiger partial charge in [-0.05, 0) is 62.2 Å². The molecule has 2 amide bonds. The number of amides is 2. The first kappa shape index (κ1) is 26.9. The van der Waals surface area contributed by atoms with Crippen LogP contribution in [0.5, 0.6) is 11.5 Å². The monoisotopic (exact) mass is 560 g/mol. The summed E-state index contributed by atoms with van der Waals surface area (Å²) in [4.78, 5) is 44.1. The number of hydrazine groups is 1. The number of benzene rings is 2. The van der Waals surface area contributed by atoms with Crippen LogP contribution in [-0.2, 0) is 9.59 Å². The molecule has 3 heterocycles. The highest BCUT2D eigenvalue weighted by Crippen LogP contribution is 2.46. The number of fused-ring (bicyclic) bond motifs is 3. The van der Waals surface area contributed by atoms with Gasteiger partial charge in [0.1, 0.15) is 17.8 Å². The molecule has 0 saturated heterocycles. The second-order valence-corrected chi connectivity index (χ2v) is 11.3. The molecule has 0 unspecified atom stereocenters. The van der Waals surface area contributed by atoms with Crippen LogP contribution in [0.4, 0.5) is 0 Å². The first-order valence-corrected chi connectivity index (χ1v) is 14.4. The standard InChI is InChI=1S/C29H28N4O4S2/c1-19(27-16-21-17-30-12-11-24(21)38-27)32-33(13-5-2-6-14-34)28(35)18-31-29(36)20-9-10-26-23(15-20)37-22-7-3-4-8-25(22)39-26/h3-4,7-12,14-17,19,32H,2,5-6,13,18H2,1H3,(H,31,36)/t19-/m1/s1. The molecule has 0 bridgehead atoms. The molecule has 2 aromatic heterocycles. The van der Waals surface area contributed by atoms with Gasteiger partial charge in [-0.1, -0.05) is 23.9 Å². The Kier molecular flexibility index (Phi) is 8.55. The van der Waals surface area contributed by atoms with Crippen LogP contribution in [-0.4, -0.2) is 41.2 Å². The molecule has 200 valence electrons. The zero-order valence-electron chi connectivity index (χ0n) is 21.4. The van der Waals surface area contributed by atoms with Gasteiger partial charge in [0.25, 0.3) is 11.8 Å². The highest BCUT2D eigenvalue weighted by Gasteiger charge is 2.21. The molecule has 0 fully saturated rings. The number of aldehydes is 1. The summed E-state index contributed by atoms with van der Waals surface area (Å²) in [5, 5.41) is 5.34. The zero-order valence-corrected chi connectivity index (χ0v) is 23.0. The van der Waals surface area contributed by atoms with Crippen molar-refractivity contribution in [2.45, 2.75) is 42.0 Å². The fourth-order valence-corrected chi connectivity index (χ4v) is 6.16. The number of rotatable bonds is 11. The topological polar surface area (TPSA) is 101 Å². The van der Waals surface area contributed by atoms with Gasteiger partial charge in [-0.25, -0.2) is 5.43 Å². The molecule has 0 saturated carbocycles. The Morgan fingerprint density at radius 3 is 2.77 bits per heavy atom. The van der Waals surface area contributed by atoms with E-state index in [-0.39, 0.29) is 24.4 Å². The van der Waals surface area contributed by atoms with Crippen molar-refractivity contribution in [2.24, 2.45) is 0 Å². The molecule has 39 heavy (non-hydrogen) atoms. The zero-order chi connectivity index (χ0) is 27.2. The van der Waals surface area contributed by atoms with E-state index < -0.39 is 0 Å². The van der Waals surface area contributed by atoms with Crippen LogP contribution in [0, 0.1) is 0 Å². The molecule has 2 N–H and O–H groups in total. The Morgan fingerprint density at radius 2 is 1.92 bits per heavy atom. The number of carbonyl (C=O) groups is 3. The first-order valence-electron chi connectivity index (χ1n) is 12.7. The summed E-state index contributed by atoms with van der Waals surface area (Å²) >= 11 is 3.23. The lowest BCUT2D eigenvalue weighted by molar-refractivity contribution is -0.134. The number of aromatic nitrogens is 1. The Bertz CT molecular complexity index is 1470. The van der Waals surface area contributed by atoms with Crippen LogP contribution in [0.1, 0.15) is 47.5 Å². The number of nitrogens with zero attached hydrogens (tertiary/aromatic N) is 2. The number of thiophene rings is 1. The number of para-hydroxylation sites is 1. The lowest BCUT2D eigenvalue weighted by Gasteiger charge is -2.27. The number of nitrogens with one attached hydrogen (secondary N) is 2. The van der Waals surface area contributed by atoms with E-state index in [0.717, 1.165) is 36.8 Å². The summed E-state index contributed by atoms with van der Waals surface area (Å²) in [6, 6.07) is 16.9. The number of hydrogen-bond acceptors (Lipinski definition) is 8. The largest absolute Gasteiger partial charge is 0.455 e. The molecular formula is C29H28N4O4S2. The van der Waals surface area contributed by atoms with E-state index in [1.807, 2.05) is 49.5 Å². The fraction of sp³-hybridized carbons (Fsp3) is 0.241. The van der Waals surface area contributed by atoms with Crippen LogP contribution >= 0.6 is 23.1 Å². The van der Waals surface area contributed by atoms with Gasteiger partial charge < -0.3 is 14.8 Å². The lowest BCUT2D eigenvalue weighted by Crippen LogP contribution is -2.48. The maximum absolute atomic E-state index is 13.2. The summed E-state index contributed by atoms with van der Waals surface area (Å²) < 4.78 is 7.12. The number of carbonyl (C=O) groups excluding carboxylic acids is 3. The SMILES string of the molecule is C[C@@H](NN(CCCCC=O)C(=O)CNC(=O)c1ccc2c(c1)Oc1ccccc1S2)c1cc2cnccc2s1. The average Bonchev–Trinajstić information content (AvgIpc) is 3.40. The summed E-state index contributed by atoms with van der Waals surface area (Å²) in [5.74, 6) is 0.749. The van der Waals surface area contributed by atoms with Gasteiger partial charge in [-0.2, -0.15) is 0 Å². The fourth-order valence-electron chi connectivity index (χ4n) is 4.20. The highest BCUT2D eigenvalue weighted by molar-refractivity contribution is 7.99. The Labute approximate surface area is 234 Å². The normalized spacial score (nSPS) is 12.6. The van der Waals surface area contributed by atoms with Gasteiger partial charge in [0.15, 0.2) is 0 Å². The molecular weight excluding hydrogens is 532 g/mol. The summed E-state index contributed by atoms with van der Waals surface area (Å²) in [6.45, 7) is 2.24. The summed E-state index contributed by atoms with van der Waals surface area (Å²) in [6.07, 6.45) is 6.26. The minimum atomic E-state index is -0.357. The molecule has 0 aliphatic carbocycles. The van der Waals surface area contributed by atoms with E-state index in [9.17, 15) is 14.4 Å². The minimum absolute atomic E-state index is 0.133. The van der Waals surface area contributed by atoms with Crippen LogP contribution in [0.2, 0.25) is 0 Å². The van der Waals surface area contributed by atoms with Gasteiger partial charge in [0.2, 0.25) is 0 Å². The molecule has 1 atom stereocenters. The van der Waals surface area contributed by atoms with Crippen LogP contribution in [0.25, 0.3) is 10.1 Å². The third-order valence-corrected chi connectivity index (χ3v) is 8.67. The van der Waals surface area contributed by atoms with Crippen molar-refractivity contribution in [3.63, 3.8) is 0 Å². The third kappa shape index (κ3) is 6.47. The second-order valence-electron chi connectivity index (χ2n) is 9.12. The predicted octanol–water partition coefficient (Wildman–Crippen LogP) is 5.75. The van der Waals surface area contributed by atoms with Crippen molar-refractivity contribution < 1.29 is 19.1 Å². The average molecular weight is 561 g/mol. The minimum Gasteiger partial charge on any atom is -0.455 e. The number of pyridine rings is 1. The van der Waals surface area contributed by atoms with Crippen LogP contribution in [0.3, 0.4) is 0 Å². The van der Waals surface area contributed by atoms with Crippen molar-refractivity contribution >= 4 is 51.3 Å². The Morgan fingerprint density at radius 1 is 1.08 bits per heavy atom. The maximum Gasteiger partial charge on any atom is 0.256 e. The smallest absolute Gasteiger partial charge is 0.256 e. The van der Waals surface area contributed by atoms with Gasteiger partial charge in [0.05, 0.1) is 22.4 Å². The first-order chi connectivity index (χ1) is 19.0. The van der Waals surface area contributed by atoms with Crippen molar-refractivity contribution in [1.82, 2.24) is 20.7 Å². The molecule has 0 radical (unpaired) electrons. The Balaban J connectivity index is 1.22. The summed E-state index contributed by atoms with van der Waals surface area (Å²) in [5.41, 5.74) is 3.71. The molecule has 5 rings (SSSR count). The molecule has 10 heteroatoms. The molecule has 2 aromatic carbocycles. The van der Waals surface area contributed by atoms with Gasteiger partial charge >= 0.3 is 0 Å². The number of hydrogen-bond donors (Lipinski definition) is 2. The quantitative estimate of drug-likeness (QED) is 0.121. The molecule has 8 nitrogen and oxygen atoms in total. The van der Waals surface area contributed by atoms with E-state index >= 15 is 0 Å². The van der Waals surface area contributed by atoms with Gasteiger partial charge in [-0.3, -0.25) is 19.6 Å². The number of ether oxygens (including phenoxy) is 1. The Hall–Kier alpha value is -3.73. The third-order valence-electron chi connectivity index (χ3n) is 6.26. The van der Waals surface area contributed by atoms with Crippen LogP contribution < -0.4 is 15.5 Å². The molecule has 1 aliphatic heterocycles. The van der Waals surface area contributed by atoms with E-state index in [1.54, 1.807) is 46.4 Å². The predicted molar refractivity (Wildman–Crippen MR) is 152 cm³/mol.